The van der Waals surface area contributed by atoms with E-state index in [1.807, 2.05) is 6.07 Å². The van der Waals surface area contributed by atoms with Crippen LogP contribution in [-0.4, -0.2) is 35.4 Å². The first-order valence-electron chi connectivity index (χ1n) is 9.38. The van der Waals surface area contributed by atoms with E-state index in [1.54, 1.807) is 7.11 Å². The van der Waals surface area contributed by atoms with Crippen molar-refractivity contribution in [3.05, 3.63) is 29.8 Å². The van der Waals surface area contributed by atoms with Crippen LogP contribution in [0.15, 0.2) is 24.3 Å². The van der Waals surface area contributed by atoms with E-state index in [0.29, 0.717) is 17.9 Å². The molecule has 8 rings (SSSR count). The molecule has 7 aliphatic rings. The summed E-state index contributed by atoms with van der Waals surface area (Å²) >= 11 is 0. The Morgan fingerprint density at radius 3 is 2.87 bits per heavy atom. The Hall–Kier alpha value is -1.06. The van der Waals surface area contributed by atoms with Crippen LogP contribution in [0.1, 0.15) is 12.0 Å². The zero-order valence-electron chi connectivity index (χ0n) is 13.4. The number of nitrogens with zero attached hydrogens (tertiary/aromatic N) is 1. The van der Waals surface area contributed by atoms with Gasteiger partial charge in [0.15, 0.2) is 0 Å². The summed E-state index contributed by atoms with van der Waals surface area (Å²) in [4.78, 5) is 2.57. The summed E-state index contributed by atoms with van der Waals surface area (Å²) in [6, 6.07) is 9.07. The minimum Gasteiger partial charge on any atom is -0.496 e. The quantitative estimate of drug-likeness (QED) is 0.923. The van der Waals surface area contributed by atoms with Crippen LogP contribution in [0, 0.1) is 47.3 Å². The minimum absolute atomic E-state index is 0.431. The van der Waals surface area contributed by atoms with E-state index in [1.165, 1.54) is 12.0 Å². The molecule has 2 heterocycles. The lowest BCUT2D eigenvalue weighted by molar-refractivity contribution is -0.130. The van der Waals surface area contributed by atoms with Crippen LogP contribution in [0.25, 0.3) is 0 Å². The van der Waals surface area contributed by atoms with Gasteiger partial charge in [0.25, 0.3) is 0 Å². The van der Waals surface area contributed by atoms with E-state index in [2.05, 4.69) is 23.1 Å². The third-order valence-electron chi connectivity index (χ3n) is 9.03. The van der Waals surface area contributed by atoms with Gasteiger partial charge in [0.2, 0.25) is 0 Å². The number of methoxy groups -OCH3 is 1. The fraction of sp³-hybridized carbons (Fsp3) is 0.700. The number of hydrogen-bond acceptors (Lipinski definition) is 3. The zero-order valence-corrected chi connectivity index (χ0v) is 13.4. The van der Waals surface area contributed by atoms with Crippen molar-refractivity contribution in [1.82, 2.24) is 4.90 Å². The van der Waals surface area contributed by atoms with Crippen molar-refractivity contribution in [2.45, 2.75) is 24.6 Å². The topological polar surface area (TPSA) is 32.7 Å². The molecule has 7 fully saturated rings. The van der Waals surface area contributed by atoms with Crippen molar-refractivity contribution in [3.8, 4) is 5.75 Å². The first-order chi connectivity index (χ1) is 11.3. The Balaban J connectivity index is 1.24. The summed E-state index contributed by atoms with van der Waals surface area (Å²) in [5.74, 6) is 7.70. The van der Waals surface area contributed by atoms with Gasteiger partial charge >= 0.3 is 0 Å². The highest BCUT2D eigenvalue weighted by molar-refractivity contribution is 5.41. The summed E-state index contributed by atoms with van der Waals surface area (Å²) in [7, 11) is 1.75. The molecule has 0 spiro atoms. The third-order valence-corrected chi connectivity index (χ3v) is 9.03. The molecule has 1 aromatic carbocycles. The fourth-order valence-electron chi connectivity index (χ4n) is 9.01. The van der Waals surface area contributed by atoms with Crippen LogP contribution in [0.5, 0.6) is 5.75 Å². The average molecular weight is 309 g/mol. The molecule has 2 saturated heterocycles. The molecule has 3 nitrogen and oxygen atoms in total. The molecule has 1 aromatic rings. The number of benzene rings is 1. The van der Waals surface area contributed by atoms with Crippen LogP contribution in [-0.2, 0) is 6.42 Å². The first kappa shape index (κ1) is 12.3. The second kappa shape index (κ2) is 3.48. The number of aliphatic hydroxyl groups is 1. The lowest BCUT2D eigenvalue weighted by Gasteiger charge is -2.45. The van der Waals surface area contributed by atoms with Crippen LogP contribution in [0.2, 0.25) is 0 Å². The van der Waals surface area contributed by atoms with Gasteiger partial charge in [-0.25, -0.2) is 0 Å². The van der Waals surface area contributed by atoms with Crippen molar-refractivity contribution < 1.29 is 9.84 Å². The molecule has 4 bridgehead atoms. The number of rotatable bonds is 4. The first-order valence-corrected chi connectivity index (χ1v) is 9.38. The summed E-state index contributed by atoms with van der Waals surface area (Å²) in [6.07, 6.45) is 2.45. The van der Waals surface area contributed by atoms with Gasteiger partial charge in [-0.2, -0.15) is 0 Å². The molecule has 23 heavy (non-hydrogen) atoms. The standard InChI is InChI=1S/C20H23NO2/c1-23-12-5-3-2-4-9(12)6-7-21-19-15-10-8-11-14-13(10)16(19)18(14)20(21,22)17(11)15/h2-5,10-11,13-19,22H,6-8H2,1H3/t10-,11+,13-,14+,15+,16-,17-,18+,19-,20+/m0/s1. The Labute approximate surface area is 136 Å². The van der Waals surface area contributed by atoms with E-state index in [-0.39, 0.29) is 0 Å². The van der Waals surface area contributed by atoms with E-state index in [9.17, 15) is 5.11 Å². The number of ether oxygens (including phenoxy) is 1. The van der Waals surface area contributed by atoms with Crippen LogP contribution < -0.4 is 4.74 Å². The van der Waals surface area contributed by atoms with Gasteiger partial charge < -0.3 is 9.84 Å². The molecule has 0 amide bonds. The maximum atomic E-state index is 11.7. The second-order valence-corrected chi connectivity index (χ2v) is 8.95. The van der Waals surface area contributed by atoms with Crippen molar-refractivity contribution in [2.24, 2.45) is 47.3 Å². The normalized spacial score (nSPS) is 58.6. The monoisotopic (exact) mass is 309 g/mol. The molecule has 120 valence electrons. The highest BCUT2D eigenvalue weighted by Crippen LogP contribution is 2.90. The molecule has 5 saturated carbocycles. The average Bonchev–Trinajstić information content (AvgIpc) is 3.18. The molecule has 3 heteroatoms. The Bertz CT molecular complexity index is 734. The van der Waals surface area contributed by atoms with Gasteiger partial charge in [-0.1, -0.05) is 18.2 Å². The summed E-state index contributed by atoms with van der Waals surface area (Å²) in [6.45, 7) is 1.00. The van der Waals surface area contributed by atoms with E-state index in [0.717, 1.165) is 54.2 Å². The SMILES string of the molecule is COc1ccccc1CCN1[C@@H]2[C@H]3[C@H]4[C@@H]5C[C@@H]6[C@H]4[C@H]3[C@]1(O)[C@@H]6[C@@H]52. The Morgan fingerprint density at radius 1 is 1.13 bits per heavy atom. The molecule has 5 aliphatic carbocycles. The fourth-order valence-corrected chi connectivity index (χ4v) is 9.01. The minimum atomic E-state index is -0.431. The van der Waals surface area contributed by atoms with Gasteiger partial charge in [-0.15, -0.1) is 0 Å². The maximum absolute atomic E-state index is 11.7. The van der Waals surface area contributed by atoms with Crippen molar-refractivity contribution in [2.75, 3.05) is 13.7 Å². The van der Waals surface area contributed by atoms with Gasteiger partial charge in [0.1, 0.15) is 11.5 Å². The van der Waals surface area contributed by atoms with Crippen LogP contribution in [0.4, 0.5) is 0 Å². The second-order valence-electron chi connectivity index (χ2n) is 8.95. The van der Waals surface area contributed by atoms with Gasteiger partial charge in [0.05, 0.1) is 7.11 Å². The predicted octanol–water partition coefficient (Wildman–Crippen LogP) is 2.00. The van der Waals surface area contributed by atoms with E-state index >= 15 is 0 Å². The van der Waals surface area contributed by atoms with Crippen molar-refractivity contribution in [3.63, 3.8) is 0 Å². The molecular weight excluding hydrogens is 286 g/mol. The highest BCUT2D eigenvalue weighted by atomic mass is 16.5. The van der Waals surface area contributed by atoms with E-state index in [4.69, 9.17) is 4.74 Å². The molecule has 1 N–H and O–H groups in total. The zero-order chi connectivity index (χ0) is 15.1. The third kappa shape index (κ3) is 0.994. The lowest BCUT2D eigenvalue weighted by Crippen LogP contribution is -2.51. The maximum Gasteiger partial charge on any atom is 0.125 e. The molecular formula is C20H23NO2. The predicted molar refractivity (Wildman–Crippen MR) is 84.7 cm³/mol. The smallest absolute Gasteiger partial charge is 0.125 e. The molecule has 2 aliphatic heterocycles. The summed E-state index contributed by atoms with van der Waals surface area (Å²) in [5, 5.41) is 11.7. The Kier molecular flexibility index (Phi) is 1.86. The van der Waals surface area contributed by atoms with Gasteiger partial charge in [-0.05, 0) is 60.0 Å². The van der Waals surface area contributed by atoms with Gasteiger partial charge in [-0.3, -0.25) is 4.90 Å². The number of para-hydroxylation sites is 1. The van der Waals surface area contributed by atoms with Crippen LogP contribution in [0.3, 0.4) is 0 Å². The lowest BCUT2D eigenvalue weighted by atomic mass is 9.59. The Morgan fingerprint density at radius 2 is 2.00 bits per heavy atom. The van der Waals surface area contributed by atoms with E-state index < -0.39 is 5.72 Å². The van der Waals surface area contributed by atoms with Crippen molar-refractivity contribution >= 4 is 0 Å². The van der Waals surface area contributed by atoms with Gasteiger partial charge in [0, 0.05) is 24.4 Å². The molecule has 0 radical (unpaired) electrons. The molecule has 0 aromatic heterocycles. The number of hydrogen-bond donors (Lipinski definition) is 1. The highest BCUT2D eigenvalue weighted by Gasteiger charge is 2.93. The van der Waals surface area contributed by atoms with Crippen LogP contribution >= 0.6 is 0 Å². The molecule has 0 unspecified atom stereocenters. The summed E-state index contributed by atoms with van der Waals surface area (Å²) < 4.78 is 5.51. The molecule has 10 atom stereocenters. The summed E-state index contributed by atoms with van der Waals surface area (Å²) in [5.41, 5.74) is 0.848. The largest absolute Gasteiger partial charge is 0.496 e. The van der Waals surface area contributed by atoms with Crippen molar-refractivity contribution in [1.29, 1.82) is 0 Å².